The van der Waals surface area contributed by atoms with Crippen LogP contribution in [0.1, 0.15) is 29.7 Å². The van der Waals surface area contributed by atoms with Gasteiger partial charge in [-0.15, -0.1) is 5.10 Å². The molecule has 0 N–H and O–H groups in total. The molecule has 2 aliphatic heterocycles. The van der Waals surface area contributed by atoms with Crippen molar-refractivity contribution in [2.45, 2.75) is 32.8 Å². The second-order valence-electron chi connectivity index (χ2n) is 6.03. The van der Waals surface area contributed by atoms with Crippen molar-refractivity contribution < 1.29 is 9.53 Å². The Morgan fingerprint density at radius 2 is 2.00 bits per heavy atom. The van der Waals surface area contributed by atoms with Gasteiger partial charge in [-0.25, -0.2) is 0 Å². The maximum atomic E-state index is 12.4. The minimum atomic E-state index is -0.266. The Bertz CT molecular complexity index is 641. The van der Waals surface area contributed by atoms with Crippen LogP contribution in [0.3, 0.4) is 0 Å². The number of carbonyl (C=O) groups excluding carboxylic acids is 1. The van der Waals surface area contributed by atoms with E-state index in [0.717, 1.165) is 24.1 Å². The summed E-state index contributed by atoms with van der Waals surface area (Å²) in [5, 5.41) is 17.8. The van der Waals surface area contributed by atoms with E-state index in [1.54, 1.807) is 0 Å². The van der Waals surface area contributed by atoms with Crippen LogP contribution in [0.2, 0.25) is 0 Å². The number of anilines is 1. The standard InChI is InChI=1S/C16H21N5O2/c1-11-12(2)18-19-15(13(11)10-17)20-5-7-21(8-6-20)16(22)14-4-3-9-23-14/h14H,3-9H2,1-2H3/t14-/m1/s1. The summed E-state index contributed by atoms with van der Waals surface area (Å²) in [6, 6.07) is 2.24. The third-order valence-electron chi connectivity index (χ3n) is 4.64. The van der Waals surface area contributed by atoms with Gasteiger partial charge in [-0.2, -0.15) is 10.4 Å². The molecular weight excluding hydrogens is 294 g/mol. The molecule has 0 aromatic carbocycles. The monoisotopic (exact) mass is 315 g/mol. The van der Waals surface area contributed by atoms with Crippen molar-refractivity contribution in [3.8, 4) is 6.07 Å². The zero-order valence-electron chi connectivity index (χ0n) is 13.6. The van der Waals surface area contributed by atoms with Crippen LogP contribution in [0, 0.1) is 25.2 Å². The summed E-state index contributed by atoms with van der Waals surface area (Å²) in [4.78, 5) is 16.3. The first kappa shape index (κ1) is 15.7. The first-order valence-electron chi connectivity index (χ1n) is 8.01. The molecule has 122 valence electrons. The Morgan fingerprint density at radius 1 is 1.26 bits per heavy atom. The van der Waals surface area contributed by atoms with Crippen molar-refractivity contribution in [1.29, 1.82) is 5.26 Å². The number of carbonyl (C=O) groups is 1. The number of amides is 1. The van der Waals surface area contributed by atoms with Gasteiger partial charge in [0.25, 0.3) is 5.91 Å². The molecule has 1 aromatic rings. The summed E-state index contributed by atoms with van der Waals surface area (Å²) < 4.78 is 5.47. The lowest BCUT2D eigenvalue weighted by atomic mass is 10.1. The molecule has 0 unspecified atom stereocenters. The first-order valence-corrected chi connectivity index (χ1v) is 8.01. The van der Waals surface area contributed by atoms with Gasteiger partial charge >= 0.3 is 0 Å². The molecule has 7 heteroatoms. The van der Waals surface area contributed by atoms with E-state index in [1.165, 1.54) is 0 Å². The van der Waals surface area contributed by atoms with Crippen molar-refractivity contribution in [2.24, 2.45) is 0 Å². The quantitative estimate of drug-likeness (QED) is 0.802. The number of nitriles is 1. The molecule has 0 radical (unpaired) electrons. The number of aromatic nitrogens is 2. The van der Waals surface area contributed by atoms with Crippen molar-refractivity contribution in [3.63, 3.8) is 0 Å². The van der Waals surface area contributed by atoms with E-state index in [0.29, 0.717) is 44.2 Å². The molecule has 1 atom stereocenters. The van der Waals surface area contributed by atoms with Gasteiger partial charge in [0.1, 0.15) is 17.7 Å². The fourth-order valence-corrected chi connectivity index (χ4v) is 3.07. The van der Waals surface area contributed by atoms with Crippen LogP contribution in [-0.2, 0) is 9.53 Å². The topological polar surface area (TPSA) is 82.3 Å². The molecule has 23 heavy (non-hydrogen) atoms. The molecule has 1 amide bonds. The second kappa shape index (κ2) is 6.50. The second-order valence-corrected chi connectivity index (χ2v) is 6.03. The highest BCUT2D eigenvalue weighted by molar-refractivity contribution is 5.81. The molecule has 3 heterocycles. The predicted molar refractivity (Wildman–Crippen MR) is 84.0 cm³/mol. The van der Waals surface area contributed by atoms with Crippen LogP contribution in [0.25, 0.3) is 0 Å². The summed E-state index contributed by atoms with van der Waals surface area (Å²) in [5.41, 5.74) is 2.23. The van der Waals surface area contributed by atoms with Gasteiger partial charge in [-0.05, 0) is 32.3 Å². The fraction of sp³-hybridized carbons (Fsp3) is 0.625. The van der Waals surface area contributed by atoms with Crippen molar-refractivity contribution in [1.82, 2.24) is 15.1 Å². The maximum absolute atomic E-state index is 12.4. The first-order chi connectivity index (χ1) is 11.1. The number of rotatable bonds is 2. The zero-order valence-corrected chi connectivity index (χ0v) is 13.6. The molecule has 0 saturated carbocycles. The normalized spacial score (nSPS) is 21.3. The van der Waals surface area contributed by atoms with E-state index in [9.17, 15) is 10.1 Å². The average Bonchev–Trinajstić information content (AvgIpc) is 3.11. The zero-order chi connectivity index (χ0) is 16.4. The van der Waals surface area contributed by atoms with E-state index in [1.807, 2.05) is 23.6 Å². The molecule has 0 bridgehead atoms. The van der Waals surface area contributed by atoms with Gasteiger partial charge in [0.15, 0.2) is 5.82 Å². The van der Waals surface area contributed by atoms with Gasteiger partial charge in [-0.3, -0.25) is 4.79 Å². The highest BCUT2D eigenvalue weighted by atomic mass is 16.5. The molecule has 3 rings (SSSR count). The van der Waals surface area contributed by atoms with Crippen LogP contribution >= 0.6 is 0 Å². The molecule has 2 fully saturated rings. The Labute approximate surface area is 135 Å². The largest absolute Gasteiger partial charge is 0.368 e. The van der Waals surface area contributed by atoms with Gasteiger partial charge in [0, 0.05) is 32.8 Å². The minimum absolute atomic E-state index is 0.0915. The van der Waals surface area contributed by atoms with E-state index in [-0.39, 0.29) is 12.0 Å². The smallest absolute Gasteiger partial charge is 0.251 e. The Morgan fingerprint density at radius 3 is 2.61 bits per heavy atom. The minimum Gasteiger partial charge on any atom is -0.368 e. The summed E-state index contributed by atoms with van der Waals surface area (Å²) >= 11 is 0. The third kappa shape index (κ3) is 2.99. The Kier molecular flexibility index (Phi) is 4.44. The van der Waals surface area contributed by atoms with Crippen LogP contribution in [0.4, 0.5) is 5.82 Å². The average molecular weight is 315 g/mol. The number of nitrogens with zero attached hydrogens (tertiary/aromatic N) is 5. The third-order valence-corrected chi connectivity index (χ3v) is 4.64. The number of piperazine rings is 1. The van der Waals surface area contributed by atoms with Gasteiger partial charge in [0.05, 0.1) is 5.69 Å². The molecule has 2 saturated heterocycles. The van der Waals surface area contributed by atoms with E-state index in [4.69, 9.17) is 4.74 Å². The summed E-state index contributed by atoms with van der Waals surface area (Å²) in [5.74, 6) is 0.716. The molecular formula is C16H21N5O2. The highest BCUT2D eigenvalue weighted by Gasteiger charge is 2.31. The number of aryl methyl sites for hydroxylation is 1. The Balaban J connectivity index is 1.69. The molecule has 7 nitrogen and oxygen atoms in total. The molecule has 2 aliphatic rings. The molecule has 0 spiro atoms. The molecule has 1 aromatic heterocycles. The maximum Gasteiger partial charge on any atom is 0.251 e. The number of hydrogen-bond acceptors (Lipinski definition) is 6. The Hall–Kier alpha value is -2.20. The highest BCUT2D eigenvalue weighted by Crippen LogP contribution is 2.23. The van der Waals surface area contributed by atoms with Gasteiger partial charge < -0.3 is 14.5 Å². The fourth-order valence-electron chi connectivity index (χ4n) is 3.07. The molecule has 0 aliphatic carbocycles. The lowest BCUT2D eigenvalue weighted by Crippen LogP contribution is -2.51. The van der Waals surface area contributed by atoms with E-state index in [2.05, 4.69) is 16.3 Å². The summed E-state index contributed by atoms with van der Waals surface area (Å²) in [6.45, 7) is 6.99. The van der Waals surface area contributed by atoms with Crippen LogP contribution in [0.5, 0.6) is 0 Å². The number of hydrogen-bond donors (Lipinski definition) is 0. The van der Waals surface area contributed by atoms with Crippen LogP contribution < -0.4 is 4.90 Å². The summed E-state index contributed by atoms with van der Waals surface area (Å²) in [7, 11) is 0. The predicted octanol–water partition coefficient (Wildman–Crippen LogP) is 0.793. The summed E-state index contributed by atoms with van der Waals surface area (Å²) in [6.07, 6.45) is 1.51. The van der Waals surface area contributed by atoms with E-state index >= 15 is 0 Å². The number of ether oxygens (including phenoxy) is 1. The van der Waals surface area contributed by atoms with E-state index < -0.39 is 0 Å². The van der Waals surface area contributed by atoms with Crippen molar-refractivity contribution in [3.05, 3.63) is 16.8 Å². The lowest BCUT2D eigenvalue weighted by Gasteiger charge is -2.36. The van der Waals surface area contributed by atoms with Crippen molar-refractivity contribution >= 4 is 11.7 Å². The van der Waals surface area contributed by atoms with Gasteiger partial charge in [-0.1, -0.05) is 0 Å². The lowest BCUT2D eigenvalue weighted by molar-refractivity contribution is -0.141. The van der Waals surface area contributed by atoms with Crippen LogP contribution in [0.15, 0.2) is 0 Å². The van der Waals surface area contributed by atoms with Crippen molar-refractivity contribution in [2.75, 3.05) is 37.7 Å². The SMILES string of the molecule is Cc1nnc(N2CCN(C(=O)[C@H]3CCCO3)CC2)c(C#N)c1C. The van der Waals surface area contributed by atoms with Gasteiger partial charge in [0.2, 0.25) is 0 Å². The van der Waals surface area contributed by atoms with Crippen LogP contribution in [-0.4, -0.2) is 59.9 Å².